The van der Waals surface area contributed by atoms with Gasteiger partial charge in [-0.3, -0.25) is 0 Å². The first kappa shape index (κ1) is 12.1. The molecule has 0 amide bonds. The summed E-state index contributed by atoms with van der Waals surface area (Å²) >= 11 is 0. The normalized spacial score (nSPS) is 27.7. The van der Waals surface area contributed by atoms with E-state index in [1.807, 2.05) is 0 Å². The molecule has 4 heteroatoms. The van der Waals surface area contributed by atoms with Gasteiger partial charge in [-0.1, -0.05) is 20.8 Å². The van der Waals surface area contributed by atoms with Gasteiger partial charge in [-0.05, 0) is 30.6 Å². The molecular formula is C13H21N3O. The summed E-state index contributed by atoms with van der Waals surface area (Å²) in [4.78, 5) is 8.13. The quantitative estimate of drug-likeness (QED) is 0.856. The van der Waals surface area contributed by atoms with E-state index in [1.54, 1.807) is 6.20 Å². The van der Waals surface area contributed by atoms with E-state index in [-0.39, 0.29) is 6.10 Å². The Bertz CT molecular complexity index is 375. The van der Waals surface area contributed by atoms with Crippen LogP contribution in [0.1, 0.15) is 40.0 Å². The zero-order chi connectivity index (χ0) is 12.5. The number of hydrogen-bond acceptors (Lipinski definition) is 4. The third-order valence-electron chi connectivity index (χ3n) is 3.28. The fourth-order valence-electron chi connectivity index (χ4n) is 2.91. The first-order valence-corrected chi connectivity index (χ1v) is 6.19. The van der Waals surface area contributed by atoms with Crippen molar-refractivity contribution < 1.29 is 4.74 Å². The summed E-state index contributed by atoms with van der Waals surface area (Å²) in [7, 11) is 0. The van der Waals surface area contributed by atoms with Crippen LogP contribution in [0.15, 0.2) is 12.4 Å². The van der Waals surface area contributed by atoms with Gasteiger partial charge in [0.15, 0.2) is 0 Å². The lowest BCUT2D eigenvalue weighted by Crippen LogP contribution is -2.34. The fraction of sp³-hybridized carbons (Fsp3) is 0.692. The maximum atomic E-state index is 5.89. The Kier molecular flexibility index (Phi) is 3.22. The molecule has 17 heavy (non-hydrogen) atoms. The molecule has 1 heterocycles. The van der Waals surface area contributed by atoms with Crippen LogP contribution in [-0.4, -0.2) is 16.1 Å². The zero-order valence-electron chi connectivity index (χ0n) is 10.8. The van der Waals surface area contributed by atoms with Crippen LogP contribution in [0.2, 0.25) is 0 Å². The van der Waals surface area contributed by atoms with Crippen LogP contribution in [0, 0.1) is 11.3 Å². The summed E-state index contributed by atoms with van der Waals surface area (Å²) in [5, 5.41) is 0. The Morgan fingerprint density at radius 2 is 2.06 bits per heavy atom. The lowest BCUT2D eigenvalue weighted by Gasteiger charge is -2.38. The molecule has 1 aliphatic carbocycles. The van der Waals surface area contributed by atoms with Gasteiger partial charge < -0.3 is 10.5 Å². The van der Waals surface area contributed by atoms with Crippen LogP contribution in [-0.2, 0) is 0 Å². The molecule has 1 aromatic heterocycles. The number of nitrogens with zero attached hydrogens (tertiary/aromatic N) is 2. The van der Waals surface area contributed by atoms with Gasteiger partial charge in [-0.2, -0.15) is 0 Å². The van der Waals surface area contributed by atoms with Gasteiger partial charge >= 0.3 is 0 Å². The van der Waals surface area contributed by atoms with Crippen LogP contribution in [0.3, 0.4) is 0 Å². The van der Waals surface area contributed by atoms with Crippen LogP contribution >= 0.6 is 0 Å². The van der Waals surface area contributed by atoms with E-state index in [9.17, 15) is 0 Å². The largest absolute Gasteiger partial charge is 0.473 e. The molecule has 1 aliphatic rings. The molecule has 94 valence electrons. The Morgan fingerprint density at radius 3 is 2.65 bits per heavy atom. The third kappa shape index (κ3) is 3.32. The summed E-state index contributed by atoms with van der Waals surface area (Å²) in [5.74, 6) is 1.70. The predicted octanol–water partition coefficient (Wildman–Crippen LogP) is 2.65. The Hall–Kier alpha value is -1.32. The fourth-order valence-corrected chi connectivity index (χ4v) is 2.91. The van der Waals surface area contributed by atoms with Crippen molar-refractivity contribution >= 4 is 5.82 Å². The molecule has 4 nitrogen and oxygen atoms in total. The van der Waals surface area contributed by atoms with Crippen LogP contribution in [0.4, 0.5) is 5.82 Å². The molecule has 1 aromatic rings. The molecule has 2 atom stereocenters. The van der Waals surface area contributed by atoms with Crippen LogP contribution in [0.5, 0.6) is 5.88 Å². The van der Waals surface area contributed by atoms with Gasteiger partial charge in [0.25, 0.3) is 0 Å². The van der Waals surface area contributed by atoms with Crippen molar-refractivity contribution in [1.29, 1.82) is 0 Å². The highest BCUT2D eigenvalue weighted by atomic mass is 16.5. The van der Waals surface area contributed by atoms with E-state index in [4.69, 9.17) is 10.5 Å². The number of ether oxygens (including phenoxy) is 1. The minimum Gasteiger partial charge on any atom is -0.473 e. The Morgan fingerprint density at radius 1 is 1.29 bits per heavy atom. The molecule has 2 N–H and O–H groups in total. The van der Waals surface area contributed by atoms with Gasteiger partial charge in [0.05, 0.1) is 12.4 Å². The second kappa shape index (κ2) is 4.51. The number of nitrogens with two attached hydrogens (primary N) is 1. The Labute approximate surface area is 103 Å². The molecule has 1 saturated carbocycles. The average molecular weight is 235 g/mol. The first-order chi connectivity index (χ1) is 7.94. The van der Waals surface area contributed by atoms with Crippen molar-refractivity contribution in [2.45, 2.75) is 46.1 Å². The van der Waals surface area contributed by atoms with Crippen molar-refractivity contribution in [3.05, 3.63) is 12.4 Å². The molecule has 2 unspecified atom stereocenters. The molecular weight excluding hydrogens is 214 g/mol. The summed E-state index contributed by atoms with van der Waals surface area (Å²) < 4.78 is 5.89. The molecule has 0 aliphatic heterocycles. The van der Waals surface area contributed by atoms with Crippen molar-refractivity contribution in [3.8, 4) is 5.88 Å². The highest BCUT2D eigenvalue weighted by Crippen LogP contribution is 2.39. The number of anilines is 1. The van der Waals surface area contributed by atoms with Gasteiger partial charge in [0, 0.05) is 0 Å². The highest BCUT2D eigenvalue weighted by Gasteiger charge is 2.33. The number of hydrogen-bond donors (Lipinski definition) is 1. The van der Waals surface area contributed by atoms with Crippen LogP contribution < -0.4 is 10.5 Å². The summed E-state index contributed by atoms with van der Waals surface area (Å²) in [6.07, 6.45) is 6.81. The monoisotopic (exact) mass is 235 g/mol. The lowest BCUT2D eigenvalue weighted by atomic mass is 9.71. The molecule has 0 aromatic carbocycles. The van der Waals surface area contributed by atoms with E-state index < -0.39 is 0 Å². The van der Waals surface area contributed by atoms with E-state index >= 15 is 0 Å². The highest BCUT2D eigenvalue weighted by molar-refractivity contribution is 5.24. The Balaban J connectivity index is 2.01. The first-order valence-electron chi connectivity index (χ1n) is 6.19. The van der Waals surface area contributed by atoms with E-state index in [1.165, 1.54) is 12.6 Å². The smallest absolute Gasteiger partial charge is 0.232 e. The topological polar surface area (TPSA) is 61.0 Å². The van der Waals surface area contributed by atoms with Crippen molar-refractivity contribution in [2.75, 3.05) is 5.73 Å². The molecule has 0 bridgehead atoms. The lowest BCUT2D eigenvalue weighted by molar-refractivity contribution is 0.0530. The predicted molar refractivity (Wildman–Crippen MR) is 67.7 cm³/mol. The molecule has 0 saturated heterocycles. The maximum Gasteiger partial charge on any atom is 0.232 e. The maximum absolute atomic E-state index is 5.89. The zero-order valence-corrected chi connectivity index (χ0v) is 10.8. The summed E-state index contributed by atoms with van der Waals surface area (Å²) in [6.45, 7) is 6.88. The average Bonchev–Trinajstić information content (AvgIpc) is 2.18. The minimum absolute atomic E-state index is 0.242. The van der Waals surface area contributed by atoms with Gasteiger partial charge in [-0.25, -0.2) is 9.97 Å². The second-order valence-corrected chi connectivity index (χ2v) is 5.93. The standard InChI is InChI=1S/C13H21N3O/c1-9-4-10(6-13(2,3)5-9)17-12-8-15-11(14)7-16-12/h7-10H,4-6H2,1-3H3,(H2,14,15). The minimum atomic E-state index is 0.242. The number of nitrogen functional groups attached to an aromatic ring is 1. The second-order valence-electron chi connectivity index (χ2n) is 5.93. The van der Waals surface area contributed by atoms with E-state index in [2.05, 4.69) is 30.7 Å². The van der Waals surface area contributed by atoms with Crippen molar-refractivity contribution in [2.24, 2.45) is 11.3 Å². The number of rotatable bonds is 2. The van der Waals surface area contributed by atoms with Gasteiger partial charge in [-0.15, -0.1) is 0 Å². The van der Waals surface area contributed by atoms with E-state index in [0.29, 0.717) is 23.0 Å². The van der Waals surface area contributed by atoms with Crippen molar-refractivity contribution in [3.63, 3.8) is 0 Å². The SMILES string of the molecule is CC1CC(Oc2cnc(N)cn2)CC(C)(C)C1. The summed E-state index contributed by atoms with van der Waals surface area (Å²) in [6, 6.07) is 0. The van der Waals surface area contributed by atoms with Gasteiger partial charge in [0.2, 0.25) is 5.88 Å². The molecule has 0 radical (unpaired) electrons. The van der Waals surface area contributed by atoms with Crippen LogP contribution in [0.25, 0.3) is 0 Å². The molecule has 0 spiro atoms. The van der Waals surface area contributed by atoms with Crippen molar-refractivity contribution in [1.82, 2.24) is 9.97 Å². The van der Waals surface area contributed by atoms with E-state index in [0.717, 1.165) is 12.8 Å². The summed E-state index contributed by atoms with van der Waals surface area (Å²) in [5.41, 5.74) is 5.85. The van der Waals surface area contributed by atoms with Gasteiger partial charge in [0.1, 0.15) is 11.9 Å². The molecule has 1 fully saturated rings. The third-order valence-corrected chi connectivity index (χ3v) is 3.28. The number of aromatic nitrogens is 2. The molecule has 2 rings (SSSR count).